The van der Waals surface area contributed by atoms with Gasteiger partial charge in [0, 0.05) is 35.2 Å². The molecule has 0 saturated heterocycles. The van der Waals surface area contributed by atoms with Crippen molar-refractivity contribution in [2.45, 2.75) is 38.8 Å². The second kappa shape index (κ2) is 8.67. The average molecular weight is 409 g/mol. The van der Waals surface area contributed by atoms with Crippen molar-refractivity contribution in [2.75, 3.05) is 13.6 Å². The number of rotatable bonds is 7. The van der Waals surface area contributed by atoms with Crippen LogP contribution in [0.5, 0.6) is 0 Å². The minimum absolute atomic E-state index is 0.503. The Bertz CT molecular complexity index is 968. The van der Waals surface area contributed by atoms with Gasteiger partial charge in [0.1, 0.15) is 0 Å². The molecule has 3 rings (SSSR count). The van der Waals surface area contributed by atoms with Gasteiger partial charge < -0.3 is 19.5 Å². The number of hydrogen-bond acceptors (Lipinski definition) is 3. The van der Waals surface area contributed by atoms with Gasteiger partial charge >= 0.3 is 8.56 Å². The van der Waals surface area contributed by atoms with Crippen molar-refractivity contribution in [3.05, 3.63) is 77.1 Å². The highest BCUT2D eigenvalue weighted by atomic mass is 28.4. The van der Waals surface area contributed by atoms with Crippen LogP contribution in [-0.2, 0) is 13.0 Å². The Labute approximate surface area is 174 Å². The lowest BCUT2D eigenvalue weighted by atomic mass is 10.1. The molecule has 1 aromatic heterocycles. The molecule has 0 saturated carbocycles. The molecule has 29 heavy (non-hydrogen) atoms. The lowest BCUT2D eigenvalue weighted by Crippen LogP contribution is -2.42. The van der Waals surface area contributed by atoms with Crippen molar-refractivity contribution in [3.8, 4) is 0 Å². The van der Waals surface area contributed by atoms with E-state index in [9.17, 15) is 9.59 Å². The molecule has 0 aliphatic heterocycles. The van der Waals surface area contributed by atoms with Crippen LogP contribution in [0.4, 0.5) is 0 Å². The van der Waals surface area contributed by atoms with E-state index in [1.165, 1.54) is 22.0 Å². The van der Waals surface area contributed by atoms with E-state index in [-0.39, 0.29) is 0 Å². The molecule has 0 spiro atoms. The average Bonchev–Trinajstić information content (AvgIpc) is 3.08. The molecule has 3 aromatic rings. The fourth-order valence-corrected chi connectivity index (χ4v) is 4.16. The molecule has 0 unspecified atom stereocenters. The van der Waals surface area contributed by atoms with E-state index in [0.717, 1.165) is 25.1 Å². The maximum Gasteiger partial charge on any atom is 0.365 e. The molecular weight excluding hydrogens is 376 g/mol. The summed E-state index contributed by atoms with van der Waals surface area (Å²) in [5, 5.41) is 0.802. The summed E-state index contributed by atoms with van der Waals surface area (Å²) >= 11 is 0. The minimum atomic E-state index is -3.38. The molecule has 0 aliphatic carbocycles. The third-order valence-corrected chi connectivity index (χ3v) is 8.32. The van der Waals surface area contributed by atoms with Crippen LogP contribution in [0.25, 0.3) is 17.0 Å². The fraction of sp³-hybridized carbons (Fsp3) is 0.333. The summed E-state index contributed by atoms with van der Waals surface area (Å²) in [4.78, 5) is 26.2. The number of hydrogen-bond donors (Lipinski definition) is 3. The number of aromatic nitrogens is 1. The number of para-hydroxylation sites is 1. The van der Waals surface area contributed by atoms with Gasteiger partial charge in [-0.1, -0.05) is 69.3 Å². The molecule has 3 N–H and O–H groups in total. The number of H-pyrrole nitrogens is 1. The third-order valence-electron chi connectivity index (χ3n) is 5.48. The summed E-state index contributed by atoms with van der Waals surface area (Å²) < 4.78 is 0. The van der Waals surface area contributed by atoms with E-state index in [0.29, 0.717) is 0 Å². The standard InChI is InChI=1S/C24H32N2O2Si/c1-24(2,3)29(27,28)16-14-19-9-11-20(12-10-19)18-26(4)15-13-21-17-25-23-8-6-5-7-22(21)23/h5-12,14,16-17,25,27-28H,13,15,18H2,1-4H3/b16-14+. The Kier molecular flexibility index (Phi) is 6.44. The summed E-state index contributed by atoms with van der Waals surface area (Å²) in [7, 11) is -1.23. The third kappa shape index (κ3) is 5.45. The molecule has 0 amide bonds. The summed E-state index contributed by atoms with van der Waals surface area (Å²) in [6.07, 6.45) is 4.94. The van der Waals surface area contributed by atoms with Gasteiger partial charge in [0.25, 0.3) is 0 Å². The van der Waals surface area contributed by atoms with Gasteiger partial charge in [0.15, 0.2) is 0 Å². The first kappa shape index (κ1) is 21.5. The van der Waals surface area contributed by atoms with Crippen LogP contribution in [0, 0.1) is 0 Å². The normalized spacial score (nSPS) is 13.1. The monoisotopic (exact) mass is 408 g/mol. The van der Waals surface area contributed by atoms with Gasteiger partial charge in [0.05, 0.1) is 0 Å². The van der Waals surface area contributed by atoms with Crippen molar-refractivity contribution >= 4 is 25.5 Å². The Morgan fingerprint density at radius 1 is 1.03 bits per heavy atom. The summed E-state index contributed by atoms with van der Waals surface area (Å²) in [6.45, 7) is 7.45. The first-order chi connectivity index (χ1) is 13.7. The van der Waals surface area contributed by atoms with Crippen LogP contribution in [-0.4, -0.2) is 41.6 Å². The van der Waals surface area contributed by atoms with Crippen LogP contribution in [0.3, 0.4) is 0 Å². The summed E-state index contributed by atoms with van der Waals surface area (Å²) in [5.74, 6) is 0. The maximum absolute atomic E-state index is 10.3. The zero-order chi connectivity index (χ0) is 21.1. The highest BCUT2D eigenvalue weighted by Crippen LogP contribution is 2.33. The lowest BCUT2D eigenvalue weighted by molar-refractivity contribution is 0.331. The molecule has 2 aromatic carbocycles. The molecular formula is C24H32N2O2Si. The smallest absolute Gasteiger partial charge is 0.365 e. The van der Waals surface area contributed by atoms with Crippen molar-refractivity contribution in [1.29, 1.82) is 0 Å². The number of benzene rings is 2. The SMILES string of the molecule is CN(CCc1c[nH]c2ccccc12)Cc1ccc(/C=C/[Si](O)(O)C(C)(C)C)cc1. The van der Waals surface area contributed by atoms with Gasteiger partial charge in [-0.2, -0.15) is 0 Å². The molecule has 0 fully saturated rings. The Morgan fingerprint density at radius 2 is 1.72 bits per heavy atom. The van der Waals surface area contributed by atoms with E-state index in [1.54, 1.807) is 5.70 Å². The topological polar surface area (TPSA) is 59.5 Å². The predicted octanol–water partition coefficient (Wildman–Crippen LogP) is 4.62. The molecule has 1 heterocycles. The summed E-state index contributed by atoms with van der Waals surface area (Å²) in [6, 6.07) is 16.7. The molecule has 5 heteroatoms. The second-order valence-electron chi connectivity index (χ2n) is 8.90. The van der Waals surface area contributed by atoms with Crippen molar-refractivity contribution in [1.82, 2.24) is 9.88 Å². The Hall–Kier alpha value is -2.18. The van der Waals surface area contributed by atoms with E-state index in [2.05, 4.69) is 59.5 Å². The first-order valence-corrected chi connectivity index (χ1v) is 12.1. The van der Waals surface area contributed by atoms with E-state index >= 15 is 0 Å². The van der Waals surface area contributed by atoms with Crippen molar-refractivity contribution in [2.24, 2.45) is 0 Å². The number of fused-ring (bicyclic) bond motifs is 1. The Morgan fingerprint density at radius 3 is 2.41 bits per heavy atom. The molecule has 4 nitrogen and oxygen atoms in total. The van der Waals surface area contributed by atoms with Gasteiger partial charge in [-0.25, -0.2) is 0 Å². The van der Waals surface area contributed by atoms with E-state index in [4.69, 9.17) is 0 Å². The molecule has 0 radical (unpaired) electrons. The van der Waals surface area contributed by atoms with Gasteiger partial charge in [0.2, 0.25) is 0 Å². The zero-order valence-electron chi connectivity index (χ0n) is 17.8. The lowest BCUT2D eigenvalue weighted by Gasteiger charge is -2.28. The van der Waals surface area contributed by atoms with E-state index < -0.39 is 13.6 Å². The minimum Gasteiger partial charge on any atom is -0.407 e. The number of nitrogens with zero attached hydrogens (tertiary/aromatic N) is 1. The van der Waals surface area contributed by atoms with Gasteiger partial charge in [-0.3, -0.25) is 0 Å². The molecule has 0 aliphatic rings. The maximum atomic E-state index is 10.3. The second-order valence-corrected chi connectivity index (χ2v) is 12.2. The number of aromatic amines is 1. The van der Waals surface area contributed by atoms with Crippen LogP contribution >= 0.6 is 0 Å². The highest BCUT2D eigenvalue weighted by Gasteiger charge is 2.40. The van der Waals surface area contributed by atoms with Crippen LogP contribution < -0.4 is 0 Å². The fourth-order valence-electron chi connectivity index (χ4n) is 3.24. The van der Waals surface area contributed by atoms with Gasteiger partial charge in [-0.05, 0) is 41.9 Å². The Balaban J connectivity index is 1.55. The number of nitrogens with one attached hydrogen (secondary N) is 1. The zero-order valence-corrected chi connectivity index (χ0v) is 18.8. The van der Waals surface area contributed by atoms with Crippen LogP contribution in [0.2, 0.25) is 5.04 Å². The largest absolute Gasteiger partial charge is 0.407 e. The number of likely N-dealkylation sites (N-methyl/N-ethyl adjacent to an activating group) is 1. The predicted molar refractivity (Wildman–Crippen MR) is 124 cm³/mol. The van der Waals surface area contributed by atoms with E-state index in [1.807, 2.05) is 39.0 Å². The molecule has 154 valence electrons. The van der Waals surface area contributed by atoms with Crippen molar-refractivity contribution < 1.29 is 9.59 Å². The molecule has 0 bridgehead atoms. The first-order valence-electron chi connectivity index (χ1n) is 10.1. The molecule has 0 atom stereocenters. The van der Waals surface area contributed by atoms with Crippen LogP contribution in [0.1, 0.15) is 37.5 Å². The highest BCUT2D eigenvalue weighted by molar-refractivity contribution is 6.73. The van der Waals surface area contributed by atoms with Crippen LogP contribution in [0.15, 0.2) is 60.4 Å². The summed E-state index contributed by atoms with van der Waals surface area (Å²) in [5.41, 5.74) is 6.37. The van der Waals surface area contributed by atoms with Crippen molar-refractivity contribution in [3.63, 3.8) is 0 Å². The van der Waals surface area contributed by atoms with Gasteiger partial charge in [-0.15, -0.1) is 0 Å². The quantitative estimate of drug-likeness (QED) is 0.500.